The van der Waals surface area contributed by atoms with Gasteiger partial charge in [-0.15, -0.1) is 0 Å². The second-order valence-electron chi connectivity index (χ2n) is 3.68. The van der Waals surface area contributed by atoms with E-state index in [1.165, 1.54) is 0 Å². The highest BCUT2D eigenvalue weighted by molar-refractivity contribution is 6.01. The molecule has 0 aromatic heterocycles. The van der Waals surface area contributed by atoms with Gasteiger partial charge in [-0.3, -0.25) is 4.79 Å². The Balaban J connectivity index is 2.34. The van der Waals surface area contributed by atoms with Crippen LogP contribution in [0.2, 0.25) is 0 Å². The molecule has 4 heteroatoms. The van der Waals surface area contributed by atoms with Gasteiger partial charge in [-0.2, -0.15) is 0 Å². The summed E-state index contributed by atoms with van der Waals surface area (Å²) in [6, 6.07) is 5.92. The fourth-order valence-electron chi connectivity index (χ4n) is 1.94. The molecule has 1 aliphatic rings. The highest BCUT2D eigenvalue weighted by Crippen LogP contribution is 2.29. The second kappa shape index (κ2) is 4.00. The molecule has 2 rings (SSSR count). The van der Waals surface area contributed by atoms with Gasteiger partial charge in [0.25, 0.3) is 0 Å². The smallest absolute Gasteiger partial charge is 0.231 e. The minimum Gasteiger partial charge on any atom is -0.329 e. The molecule has 0 unspecified atom stereocenters. The average molecular weight is 205 g/mol. The summed E-state index contributed by atoms with van der Waals surface area (Å²) in [4.78, 5) is 13.4. The minimum atomic E-state index is 0.129. The van der Waals surface area contributed by atoms with Crippen LogP contribution in [0.25, 0.3) is 0 Å². The van der Waals surface area contributed by atoms with Gasteiger partial charge in [0, 0.05) is 25.3 Å². The third-order valence-corrected chi connectivity index (χ3v) is 2.67. The molecule has 0 saturated heterocycles. The maximum atomic E-state index is 11.7. The monoisotopic (exact) mass is 205 g/mol. The van der Waals surface area contributed by atoms with E-state index in [0.29, 0.717) is 26.1 Å². The Morgan fingerprint density at radius 1 is 1.33 bits per heavy atom. The zero-order valence-corrected chi connectivity index (χ0v) is 8.57. The van der Waals surface area contributed by atoms with E-state index in [1.807, 2.05) is 18.2 Å². The SMILES string of the molecule is NCCN1C(=O)Cc2cc(CN)ccc21. The number of rotatable bonds is 3. The molecule has 0 saturated carbocycles. The topological polar surface area (TPSA) is 72.3 Å². The van der Waals surface area contributed by atoms with Crippen molar-refractivity contribution in [2.45, 2.75) is 13.0 Å². The molecule has 1 aromatic rings. The third-order valence-electron chi connectivity index (χ3n) is 2.67. The quantitative estimate of drug-likeness (QED) is 0.729. The van der Waals surface area contributed by atoms with Gasteiger partial charge in [-0.05, 0) is 17.2 Å². The average Bonchev–Trinajstić information content (AvgIpc) is 2.55. The maximum absolute atomic E-state index is 11.7. The number of benzene rings is 1. The number of nitrogens with two attached hydrogens (primary N) is 2. The number of amides is 1. The van der Waals surface area contributed by atoms with Gasteiger partial charge >= 0.3 is 0 Å². The third kappa shape index (κ3) is 1.73. The van der Waals surface area contributed by atoms with Crippen molar-refractivity contribution < 1.29 is 4.79 Å². The minimum absolute atomic E-state index is 0.129. The zero-order chi connectivity index (χ0) is 10.8. The molecular weight excluding hydrogens is 190 g/mol. The molecule has 1 aliphatic heterocycles. The first-order chi connectivity index (χ1) is 7.26. The Bertz CT molecular complexity index is 389. The van der Waals surface area contributed by atoms with Gasteiger partial charge in [0.05, 0.1) is 6.42 Å². The van der Waals surface area contributed by atoms with Crippen molar-refractivity contribution in [1.82, 2.24) is 0 Å². The summed E-state index contributed by atoms with van der Waals surface area (Å²) < 4.78 is 0. The summed E-state index contributed by atoms with van der Waals surface area (Å²) in [5.41, 5.74) is 14.1. The predicted octanol–water partition coefficient (Wildman–Crippen LogP) is -0.00690. The van der Waals surface area contributed by atoms with Crippen LogP contribution in [-0.2, 0) is 17.8 Å². The summed E-state index contributed by atoms with van der Waals surface area (Å²) in [5.74, 6) is 0.129. The van der Waals surface area contributed by atoms with E-state index in [2.05, 4.69) is 0 Å². The highest BCUT2D eigenvalue weighted by Gasteiger charge is 2.26. The number of anilines is 1. The van der Waals surface area contributed by atoms with E-state index in [9.17, 15) is 4.79 Å². The molecule has 0 bridgehead atoms. The molecule has 1 heterocycles. The van der Waals surface area contributed by atoms with Gasteiger partial charge in [0.1, 0.15) is 0 Å². The van der Waals surface area contributed by atoms with Gasteiger partial charge < -0.3 is 16.4 Å². The van der Waals surface area contributed by atoms with Crippen LogP contribution in [0.1, 0.15) is 11.1 Å². The van der Waals surface area contributed by atoms with E-state index >= 15 is 0 Å². The predicted molar refractivity (Wildman–Crippen MR) is 59.4 cm³/mol. The molecule has 0 fully saturated rings. The van der Waals surface area contributed by atoms with Gasteiger partial charge in [0.2, 0.25) is 5.91 Å². The molecule has 1 amide bonds. The number of hydrogen-bond acceptors (Lipinski definition) is 3. The fraction of sp³-hybridized carbons (Fsp3) is 0.364. The molecule has 0 radical (unpaired) electrons. The lowest BCUT2D eigenvalue weighted by molar-refractivity contribution is -0.117. The number of carbonyl (C=O) groups is 1. The Kier molecular flexibility index (Phi) is 2.70. The Hall–Kier alpha value is -1.39. The van der Waals surface area contributed by atoms with Crippen LogP contribution in [-0.4, -0.2) is 19.0 Å². The van der Waals surface area contributed by atoms with E-state index in [0.717, 1.165) is 16.8 Å². The van der Waals surface area contributed by atoms with Crippen molar-refractivity contribution in [1.29, 1.82) is 0 Å². The van der Waals surface area contributed by atoms with E-state index in [-0.39, 0.29) is 5.91 Å². The normalized spacial score (nSPS) is 14.5. The molecule has 80 valence electrons. The van der Waals surface area contributed by atoms with Crippen LogP contribution in [0.4, 0.5) is 5.69 Å². The number of nitrogens with zero attached hydrogens (tertiary/aromatic N) is 1. The van der Waals surface area contributed by atoms with Crippen LogP contribution in [0, 0.1) is 0 Å². The van der Waals surface area contributed by atoms with Crippen LogP contribution < -0.4 is 16.4 Å². The van der Waals surface area contributed by atoms with Gasteiger partial charge in [-0.1, -0.05) is 12.1 Å². The largest absolute Gasteiger partial charge is 0.329 e. The number of fused-ring (bicyclic) bond motifs is 1. The first-order valence-electron chi connectivity index (χ1n) is 5.08. The van der Waals surface area contributed by atoms with Crippen LogP contribution in [0.3, 0.4) is 0 Å². The summed E-state index contributed by atoms with van der Waals surface area (Å²) in [7, 11) is 0. The van der Waals surface area contributed by atoms with Gasteiger partial charge in [0.15, 0.2) is 0 Å². The summed E-state index contributed by atoms with van der Waals surface area (Å²) in [6.07, 6.45) is 0.475. The molecular formula is C11H15N3O. The number of hydrogen-bond donors (Lipinski definition) is 2. The lowest BCUT2D eigenvalue weighted by Gasteiger charge is -2.16. The van der Waals surface area contributed by atoms with Crippen LogP contribution in [0.5, 0.6) is 0 Å². The standard InChI is InChI=1S/C11H15N3O/c12-3-4-14-10-2-1-8(7-13)5-9(10)6-11(14)15/h1-2,5H,3-4,6-7,12-13H2. The molecule has 15 heavy (non-hydrogen) atoms. The number of carbonyl (C=O) groups excluding carboxylic acids is 1. The lowest BCUT2D eigenvalue weighted by Crippen LogP contribution is -2.31. The zero-order valence-electron chi connectivity index (χ0n) is 8.57. The Morgan fingerprint density at radius 3 is 2.80 bits per heavy atom. The summed E-state index contributed by atoms with van der Waals surface area (Å²) >= 11 is 0. The van der Waals surface area contributed by atoms with E-state index < -0.39 is 0 Å². The molecule has 1 aromatic carbocycles. The van der Waals surface area contributed by atoms with Crippen molar-refractivity contribution >= 4 is 11.6 Å². The van der Waals surface area contributed by atoms with E-state index in [4.69, 9.17) is 11.5 Å². The molecule has 0 atom stereocenters. The molecule has 4 N–H and O–H groups in total. The van der Waals surface area contributed by atoms with Crippen molar-refractivity contribution in [2.24, 2.45) is 11.5 Å². The van der Waals surface area contributed by atoms with Crippen LogP contribution in [0.15, 0.2) is 18.2 Å². The first kappa shape index (κ1) is 10.1. The van der Waals surface area contributed by atoms with E-state index in [1.54, 1.807) is 4.90 Å². The molecule has 0 aliphatic carbocycles. The summed E-state index contributed by atoms with van der Waals surface area (Å²) in [6.45, 7) is 1.59. The second-order valence-corrected chi connectivity index (χ2v) is 3.68. The molecule has 0 spiro atoms. The van der Waals surface area contributed by atoms with Crippen molar-refractivity contribution in [2.75, 3.05) is 18.0 Å². The Morgan fingerprint density at radius 2 is 2.13 bits per heavy atom. The summed E-state index contributed by atoms with van der Waals surface area (Å²) in [5, 5.41) is 0. The Labute approximate surface area is 88.9 Å². The van der Waals surface area contributed by atoms with Crippen molar-refractivity contribution in [3.05, 3.63) is 29.3 Å². The first-order valence-corrected chi connectivity index (χ1v) is 5.08. The van der Waals surface area contributed by atoms with Crippen molar-refractivity contribution in [3.8, 4) is 0 Å². The fourth-order valence-corrected chi connectivity index (χ4v) is 1.94. The maximum Gasteiger partial charge on any atom is 0.231 e. The highest BCUT2D eigenvalue weighted by atomic mass is 16.2. The molecule has 4 nitrogen and oxygen atoms in total. The lowest BCUT2D eigenvalue weighted by atomic mass is 10.1. The van der Waals surface area contributed by atoms with Crippen molar-refractivity contribution in [3.63, 3.8) is 0 Å². The van der Waals surface area contributed by atoms with Gasteiger partial charge in [-0.25, -0.2) is 0 Å². The van der Waals surface area contributed by atoms with Crippen LogP contribution >= 0.6 is 0 Å².